The van der Waals surface area contributed by atoms with Crippen LogP contribution in [-0.2, 0) is 6.54 Å². The van der Waals surface area contributed by atoms with Crippen LogP contribution in [0.1, 0.15) is 58.4 Å². The third-order valence-corrected chi connectivity index (χ3v) is 6.06. The summed E-state index contributed by atoms with van der Waals surface area (Å²) in [4.78, 5) is 30.6. The van der Waals surface area contributed by atoms with Gasteiger partial charge < -0.3 is 15.3 Å². The molecule has 6 heteroatoms. The molecule has 0 fully saturated rings. The molecule has 0 atom stereocenters. The minimum atomic E-state index is -0.937. The number of pyridine rings is 1. The van der Waals surface area contributed by atoms with Crippen molar-refractivity contribution in [3.8, 4) is 11.1 Å². The van der Waals surface area contributed by atoms with Crippen molar-refractivity contribution in [1.29, 1.82) is 0 Å². The zero-order valence-corrected chi connectivity index (χ0v) is 18.7. The molecule has 0 bridgehead atoms. The minimum Gasteiger partial charge on any atom is -0.478 e. The highest BCUT2D eigenvalue weighted by atomic mass is 16.4. The van der Waals surface area contributed by atoms with E-state index in [4.69, 9.17) is 0 Å². The molecule has 33 heavy (non-hydrogen) atoms. The van der Waals surface area contributed by atoms with E-state index in [9.17, 15) is 14.7 Å². The Hall–Kier alpha value is -3.51. The fraction of sp³-hybridized carbons (Fsp3) is 0.296. The van der Waals surface area contributed by atoms with Crippen molar-refractivity contribution >= 4 is 17.6 Å². The molecule has 1 aromatic heterocycles. The Bertz CT molecular complexity index is 1100. The zero-order valence-electron chi connectivity index (χ0n) is 18.7. The summed E-state index contributed by atoms with van der Waals surface area (Å²) >= 11 is 0. The van der Waals surface area contributed by atoms with Crippen LogP contribution in [0.5, 0.6) is 0 Å². The Labute approximate surface area is 194 Å². The number of fused-ring (bicyclic) bond motifs is 1. The lowest BCUT2D eigenvalue weighted by Gasteiger charge is -2.27. The maximum Gasteiger partial charge on any atom is 0.335 e. The van der Waals surface area contributed by atoms with Crippen LogP contribution in [0.4, 0.5) is 5.69 Å². The van der Waals surface area contributed by atoms with Crippen LogP contribution in [0, 0.1) is 0 Å². The van der Waals surface area contributed by atoms with Crippen LogP contribution in [0.2, 0.25) is 0 Å². The van der Waals surface area contributed by atoms with Gasteiger partial charge >= 0.3 is 5.97 Å². The highest BCUT2D eigenvalue weighted by molar-refractivity contribution is 6.06. The quantitative estimate of drug-likeness (QED) is 0.585. The van der Waals surface area contributed by atoms with E-state index in [-0.39, 0.29) is 11.5 Å². The van der Waals surface area contributed by atoms with Gasteiger partial charge in [-0.2, -0.15) is 0 Å². The molecule has 2 aromatic carbocycles. The van der Waals surface area contributed by atoms with Crippen LogP contribution < -0.4 is 10.2 Å². The van der Waals surface area contributed by atoms with Gasteiger partial charge in [0.1, 0.15) is 0 Å². The first kappa shape index (κ1) is 22.7. The van der Waals surface area contributed by atoms with Crippen molar-refractivity contribution in [2.24, 2.45) is 0 Å². The fourth-order valence-electron chi connectivity index (χ4n) is 4.23. The number of amides is 1. The lowest BCUT2D eigenvalue weighted by molar-refractivity contribution is 0.0696. The third-order valence-electron chi connectivity index (χ3n) is 6.06. The summed E-state index contributed by atoms with van der Waals surface area (Å²) in [6.07, 6.45) is 8.87. The molecule has 0 radical (unpaired) electrons. The predicted octanol–water partition coefficient (Wildman–Crippen LogP) is 5.15. The number of benzene rings is 2. The summed E-state index contributed by atoms with van der Waals surface area (Å²) in [6.45, 7) is 2.27. The highest BCUT2D eigenvalue weighted by Gasteiger charge is 2.21. The average Bonchev–Trinajstić information content (AvgIpc) is 2.84. The van der Waals surface area contributed by atoms with Crippen LogP contribution in [0.25, 0.3) is 11.1 Å². The first-order valence-corrected chi connectivity index (χ1v) is 11.5. The van der Waals surface area contributed by atoms with Gasteiger partial charge in [-0.25, -0.2) is 4.79 Å². The molecule has 1 aliphatic rings. The Morgan fingerprint density at radius 3 is 2.27 bits per heavy atom. The molecular formula is C27H29N3O3. The van der Waals surface area contributed by atoms with Crippen LogP contribution in [0.3, 0.4) is 0 Å². The summed E-state index contributed by atoms with van der Waals surface area (Å²) < 4.78 is 0. The summed E-state index contributed by atoms with van der Waals surface area (Å²) in [7, 11) is 0. The monoisotopic (exact) mass is 443 g/mol. The molecule has 0 aliphatic carbocycles. The molecule has 3 aromatic rings. The van der Waals surface area contributed by atoms with Crippen molar-refractivity contribution < 1.29 is 14.7 Å². The van der Waals surface area contributed by atoms with E-state index in [2.05, 4.69) is 16.4 Å². The van der Waals surface area contributed by atoms with Crippen LogP contribution in [0.15, 0.2) is 67.0 Å². The normalized spacial score (nSPS) is 15.1. The van der Waals surface area contributed by atoms with E-state index in [1.807, 2.05) is 29.2 Å². The predicted molar refractivity (Wildman–Crippen MR) is 130 cm³/mol. The number of rotatable bonds is 3. The number of nitrogens with one attached hydrogen (secondary N) is 1. The van der Waals surface area contributed by atoms with Crippen molar-refractivity contribution in [2.45, 2.75) is 38.6 Å². The fourth-order valence-corrected chi connectivity index (χ4v) is 4.23. The maximum atomic E-state index is 13.5. The molecule has 1 amide bonds. The molecule has 4 rings (SSSR count). The van der Waals surface area contributed by atoms with Crippen molar-refractivity contribution in [3.05, 3.63) is 83.7 Å². The second-order valence-electron chi connectivity index (χ2n) is 8.36. The highest BCUT2D eigenvalue weighted by Crippen LogP contribution is 2.30. The second-order valence-corrected chi connectivity index (χ2v) is 8.36. The van der Waals surface area contributed by atoms with Gasteiger partial charge in [-0.3, -0.25) is 9.78 Å². The van der Waals surface area contributed by atoms with Gasteiger partial charge in [0.25, 0.3) is 5.91 Å². The molecule has 2 N–H and O–H groups in total. The van der Waals surface area contributed by atoms with E-state index in [0.717, 1.165) is 48.2 Å². The number of anilines is 1. The molecular weight excluding hydrogens is 414 g/mol. The van der Waals surface area contributed by atoms with E-state index in [0.29, 0.717) is 18.7 Å². The molecule has 6 nitrogen and oxygen atoms in total. The summed E-state index contributed by atoms with van der Waals surface area (Å²) in [5.74, 6) is -0.956. The first-order chi connectivity index (χ1) is 16.1. The molecule has 0 spiro atoms. The molecule has 0 unspecified atom stereocenters. The van der Waals surface area contributed by atoms with E-state index < -0.39 is 5.97 Å². The largest absolute Gasteiger partial charge is 0.478 e. The number of carbonyl (C=O) groups excluding carboxylic acids is 1. The summed E-state index contributed by atoms with van der Waals surface area (Å²) in [5, 5.41) is 12.7. The van der Waals surface area contributed by atoms with Crippen molar-refractivity contribution in [2.75, 3.05) is 18.0 Å². The zero-order chi connectivity index (χ0) is 23.0. The summed E-state index contributed by atoms with van der Waals surface area (Å²) in [6, 6.07) is 16.5. The van der Waals surface area contributed by atoms with Gasteiger partial charge in [-0.15, -0.1) is 0 Å². The first-order valence-electron chi connectivity index (χ1n) is 11.5. The number of hydrogen-bond donors (Lipinski definition) is 2. The molecule has 0 saturated carbocycles. The van der Waals surface area contributed by atoms with E-state index >= 15 is 0 Å². The number of aromatic carboxylic acids is 1. The standard InChI is InChI=1S/C27H29N3O3/c31-26(21-12-15-28-16-13-21)30-17-5-3-1-2-4-14-29-19-24-18-23(10-11-25(24)30)20-6-8-22(9-7-20)27(32)33/h6-13,15-16,18,29H,1-5,14,17,19H2,(H,32,33). The number of nitrogens with zero attached hydrogens (tertiary/aromatic N) is 2. The Kier molecular flexibility index (Phi) is 7.47. The number of carbonyl (C=O) groups is 2. The van der Waals surface area contributed by atoms with Crippen molar-refractivity contribution in [3.63, 3.8) is 0 Å². The Balaban J connectivity index is 1.71. The Morgan fingerprint density at radius 1 is 0.818 bits per heavy atom. The Morgan fingerprint density at radius 2 is 1.52 bits per heavy atom. The van der Waals surface area contributed by atoms with E-state index in [1.54, 1.807) is 36.7 Å². The average molecular weight is 444 g/mol. The van der Waals surface area contributed by atoms with Gasteiger partial charge in [-0.05, 0) is 72.5 Å². The third kappa shape index (κ3) is 5.65. The van der Waals surface area contributed by atoms with Crippen molar-refractivity contribution in [1.82, 2.24) is 10.3 Å². The number of hydrogen-bond acceptors (Lipinski definition) is 4. The second kappa shape index (κ2) is 10.9. The SMILES string of the molecule is O=C(O)c1ccc(-c2ccc3c(c2)CNCCCCCCCN3C(=O)c2ccncc2)cc1. The number of aromatic nitrogens is 1. The lowest BCUT2D eigenvalue weighted by atomic mass is 9.99. The van der Waals surface area contributed by atoms with Gasteiger partial charge in [-0.1, -0.05) is 37.5 Å². The molecule has 170 valence electrons. The molecule has 1 aliphatic heterocycles. The lowest BCUT2D eigenvalue weighted by Crippen LogP contribution is -2.33. The maximum absolute atomic E-state index is 13.5. The van der Waals surface area contributed by atoms with Crippen LogP contribution >= 0.6 is 0 Å². The van der Waals surface area contributed by atoms with Gasteiger partial charge in [0, 0.05) is 36.7 Å². The topological polar surface area (TPSA) is 82.5 Å². The minimum absolute atomic E-state index is 0.0192. The van der Waals surface area contributed by atoms with Crippen LogP contribution in [-0.4, -0.2) is 35.1 Å². The van der Waals surface area contributed by atoms with Gasteiger partial charge in [0.05, 0.1) is 5.56 Å². The molecule has 2 heterocycles. The van der Waals surface area contributed by atoms with E-state index in [1.165, 1.54) is 12.8 Å². The number of carboxylic acid groups (broad SMARTS) is 1. The summed E-state index contributed by atoms with van der Waals surface area (Å²) in [5.41, 5.74) is 4.80. The molecule has 0 saturated heterocycles. The number of carboxylic acids is 1. The van der Waals surface area contributed by atoms with Gasteiger partial charge in [0.15, 0.2) is 0 Å². The van der Waals surface area contributed by atoms with Gasteiger partial charge in [0.2, 0.25) is 0 Å². The smallest absolute Gasteiger partial charge is 0.335 e.